The van der Waals surface area contributed by atoms with Gasteiger partial charge in [0.15, 0.2) is 0 Å². The summed E-state index contributed by atoms with van der Waals surface area (Å²) < 4.78 is 12.7. The first-order valence-corrected chi connectivity index (χ1v) is 15.5. The number of carbonyl (C=O) groups excluding carboxylic acids is 2. The monoisotopic (exact) mass is 629 g/mol. The van der Waals surface area contributed by atoms with Crippen molar-refractivity contribution in [2.24, 2.45) is 0 Å². The first kappa shape index (κ1) is 30.5. The summed E-state index contributed by atoms with van der Waals surface area (Å²) in [6.07, 6.45) is -0.656. The van der Waals surface area contributed by atoms with Crippen molar-refractivity contribution < 1.29 is 19.1 Å². The molecule has 2 amide bonds. The number of ether oxygens (including phenoxy) is 2. The number of fused-ring (bicyclic) bond motifs is 4. The van der Waals surface area contributed by atoms with Crippen LogP contribution in [0.1, 0.15) is 43.6 Å². The Bertz CT molecular complexity index is 1760. The fraction of sp³-hybridized carbons (Fsp3) is 0.353. The van der Waals surface area contributed by atoms with Crippen LogP contribution >= 0.6 is 11.6 Å². The number of benzene rings is 3. The lowest BCUT2D eigenvalue weighted by atomic mass is 9.98. The zero-order valence-corrected chi connectivity index (χ0v) is 26.3. The number of halogens is 1. The molecule has 3 aromatic carbocycles. The van der Waals surface area contributed by atoms with Crippen molar-refractivity contribution >= 4 is 34.7 Å². The van der Waals surface area contributed by atoms with E-state index in [1.165, 1.54) is 4.68 Å². The Balaban J connectivity index is 1.14. The number of alkyl carbamates (subject to hydrolysis) is 1. The van der Waals surface area contributed by atoms with E-state index in [0.29, 0.717) is 47.9 Å². The molecule has 0 bridgehead atoms. The summed E-state index contributed by atoms with van der Waals surface area (Å²) in [6.45, 7) is 7.42. The summed E-state index contributed by atoms with van der Waals surface area (Å²) in [6, 6.07) is 21.5. The first-order chi connectivity index (χ1) is 21.6. The molecule has 11 heteroatoms. The molecule has 0 unspecified atom stereocenters. The second kappa shape index (κ2) is 12.4. The van der Waals surface area contributed by atoms with Gasteiger partial charge in [-0.25, -0.2) is 19.2 Å². The molecule has 0 spiro atoms. The molecule has 2 aliphatic rings. The number of rotatable bonds is 6. The molecule has 0 radical (unpaired) electrons. The number of amides is 2. The molecule has 0 atom stereocenters. The molecule has 0 saturated carbocycles. The summed E-state index contributed by atoms with van der Waals surface area (Å²) in [4.78, 5) is 45.6. The van der Waals surface area contributed by atoms with Gasteiger partial charge in [0, 0.05) is 32.0 Å². The minimum absolute atomic E-state index is 0.0421. The van der Waals surface area contributed by atoms with Crippen molar-refractivity contribution in [3.63, 3.8) is 0 Å². The van der Waals surface area contributed by atoms with Gasteiger partial charge in [-0.3, -0.25) is 4.79 Å². The molecule has 1 N–H and O–H groups in total. The molecule has 10 nitrogen and oxygen atoms in total. The van der Waals surface area contributed by atoms with Crippen LogP contribution in [0.4, 0.5) is 9.59 Å². The zero-order chi connectivity index (χ0) is 31.7. The van der Waals surface area contributed by atoms with Crippen molar-refractivity contribution in [1.29, 1.82) is 0 Å². The maximum Gasteiger partial charge on any atom is 0.410 e. The maximum atomic E-state index is 13.8. The number of aromatic nitrogens is 2. The average Bonchev–Trinajstić information content (AvgIpc) is 3.33. The van der Waals surface area contributed by atoms with Gasteiger partial charge in [0.05, 0.1) is 29.0 Å². The Hall–Kier alpha value is -4.57. The lowest BCUT2D eigenvalue weighted by molar-refractivity contribution is 0.0231. The summed E-state index contributed by atoms with van der Waals surface area (Å²) in [5, 5.41) is 5.32. The predicted molar refractivity (Wildman–Crippen MR) is 174 cm³/mol. The number of hydrogen-bond donors (Lipinski definition) is 1. The fourth-order valence-electron chi connectivity index (χ4n) is 6.01. The second-order valence-electron chi connectivity index (χ2n) is 12.2. The third-order valence-electron chi connectivity index (χ3n) is 8.04. The molecule has 234 valence electrons. The van der Waals surface area contributed by atoms with Crippen LogP contribution in [0, 0.1) is 0 Å². The van der Waals surface area contributed by atoms with Crippen LogP contribution in [0.2, 0.25) is 5.02 Å². The van der Waals surface area contributed by atoms with Crippen LogP contribution in [-0.4, -0.2) is 71.7 Å². The molecule has 1 aliphatic heterocycles. The molecule has 1 aromatic heterocycles. The van der Waals surface area contributed by atoms with Gasteiger partial charge in [-0.15, -0.1) is 0 Å². The quantitative estimate of drug-likeness (QED) is 0.308. The van der Waals surface area contributed by atoms with Crippen LogP contribution in [0.15, 0.2) is 71.5 Å². The van der Waals surface area contributed by atoms with E-state index >= 15 is 0 Å². The topological polar surface area (TPSA) is 106 Å². The number of nitrogens with one attached hydrogen (secondary N) is 1. The standard InChI is InChI=1S/C34H36ClN5O5/c1-34(2,3)45-33(43)38-17-19-39(20-18-38)40-29(37-28-14-8-13-27(35)30(28)31(40)41)15-16-36-32(42)44-21-26-24-11-6-4-9-22(24)23-10-5-7-12-25(23)26/h4-14,26H,15-21H2,1-3H3,(H,36,42). The molecule has 4 aromatic rings. The first-order valence-electron chi connectivity index (χ1n) is 15.1. The van der Waals surface area contributed by atoms with Crippen LogP contribution < -0.4 is 15.9 Å². The molecule has 1 aliphatic carbocycles. The molecular weight excluding hydrogens is 594 g/mol. The van der Waals surface area contributed by atoms with Crippen LogP contribution in [0.25, 0.3) is 22.0 Å². The highest BCUT2D eigenvalue weighted by atomic mass is 35.5. The zero-order valence-electron chi connectivity index (χ0n) is 25.6. The van der Waals surface area contributed by atoms with Gasteiger partial charge in [0.1, 0.15) is 18.0 Å². The number of nitrogens with zero attached hydrogens (tertiary/aromatic N) is 4. The second-order valence-corrected chi connectivity index (χ2v) is 12.6. The average molecular weight is 630 g/mol. The van der Waals surface area contributed by atoms with E-state index in [4.69, 9.17) is 26.1 Å². The van der Waals surface area contributed by atoms with Crippen molar-refractivity contribution in [3.8, 4) is 11.1 Å². The largest absolute Gasteiger partial charge is 0.449 e. The van der Waals surface area contributed by atoms with Crippen molar-refractivity contribution in [3.05, 3.63) is 99.1 Å². The Morgan fingerprint density at radius 1 is 0.933 bits per heavy atom. The highest BCUT2D eigenvalue weighted by Crippen LogP contribution is 2.44. The van der Waals surface area contributed by atoms with E-state index in [1.807, 2.05) is 50.0 Å². The van der Waals surface area contributed by atoms with E-state index in [9.17, 15) is 14.4 Å². The lowest BCUT2D eigenvalue weighted by Gasteiger charge is -2.37. The van der Waals surface area contributed by atoms with Crippen LogP contribution in [0.3, 0.4) is 0 Å². The summed E-state index contributed by atoms with van der Waals surface area (Å²) in [7, 11) is 0. The molecule has 2 heterocycles. The fourth-order valence-corrected chi connectivity index (χ4v) is 6.26. The Morgan fingerprint density at radius 3 is 2.22 bits per heavy atom. The smallest absolute Gasteiger partial charge is 0.410 e. The molecule has 1 fully saturated rings. The third-order valence-corrected chi connectivity index (χ3v) is 8.36. The predicted octanol–water partition coefficient (Wildman–Crippen LogP) is 5.32. The highest BCUT2D eigenvalue weighted by molar-refractivity contribution is 6.35. The van der Waals surface area contributed by atoms with Crippen molar-refractivity contribution in [1.82, 2.24) is 19.9 Å². The molecular formula is C34H36ClN5O5. The Kier molecular flexibility index (Phi) is 8.42. The normalized spacial score (nSPS) is 14.7. The van der Waals surface area contributed by atoms with Gasteiger partial charge in [-0.1, -0.05) is 66.2 Å². The Labute approximate surface area is 266 Å². The van der Waals surface area contributed by atoms with Gasteiger partial charge >= 0.3 is 12.2 Å². The minimum Gasteiger partial charge on any atom is -0.449 e. The highest BCUT2D eigenvalue weighted by Gasteiger charge is 2.30. The van der Waals surface area contributed by atoms with Gasteiger partial charge in [-0.2, -0.15) is 0 Å². The number of hydrogen-bond acceptors (Lipinski definition) is 7. The van der Waals surface area contributed by atoms with Crippen molar-refractivity contribution in [2.45, 2.75) is 38.7 Å². The number of piperazine rings is 1. The summed E-state index contributed by atoms with van der Waals surface area (Å²) in [5.74, 6) is 0.430. The van der Waals surface area contributed by atoms with E-state index in [0.717, 1.165) is 22.3 Å². The van der Waals surface area contributed by atoms with Gasteiger partial charge in [-0.05, 0) is 55.2 Å². The van der Waals surface area contributed by atoms with Crippen LogP contribution in [-0.2, 0) is 15.9 Å². The molecule has 1 saturated heterocycles. The van der Waals surface area contributed by atoms with E-state index in [2.05, 4.69) is 29.6 Å². The van der Waals surface area contributed by atoms with Gasteiger partial charge in [0.2, 0.25) is 0 Å². The third kappa shape index (κ3) is 6.33. The van der Waals surface area contributed by atoms with Gasteiger partial charge < -0.3 is 24.7 Å². The maximum absolute atomic E-state index is 13.8. The van der Waals surface area contributed by atoms with E-state index in [1.54, 1.807) is 23.1 Å². The van der Waals surface area contributed by atoms with E-state index in [-0.39, 0.29) is 37.1 Å². The van der Waals surface area contributed by atoms with Crippen molar-refractivity contribution in [2.75, 3.05) is 44.3 Å². The van der Waals surface area contributed by atoms with Crippen LogP contribution in [0.5, 0.6) is 0 Å². The summed E-state index contributed by atoms with van der Waals surface area (Å²) >= 11 is 6.43. The molecule has 6 rings (SSSR count). The molecule has 45 heavy (non-hydrogen) atoms. The minimum atomic E-state index is -0.600. The Morgan fingerprint density at radius 2 is 1.58 bits per heavy atom. The lowest BCUT2D eigenvalue weighted by Crippen LogP contribution is -2.56. The van der Waals surface area contributed by atoms with Gasteiger partial charge in [0.25, 0.3) is 5.56 Å². The SMILES string of the molecule is CC(C)(C)OC(=O)N1CCN(n2c(CCNC(=O)OCC3c4ccccc4-c4ccccc43)nc3cccc(Cl)c3c2=O)CC1. The van der Waals surface area contributed by atoms with E-state index < -0.39 is 11.7 Å². The summed E-state index contributed by atoms with van der Waals surface area (Å²) in [5.41, 5.74) is 4.18. The number of carbonyl (C=O) groups is 2.